The molecule has 1 aliphatic carbocycles. The van der Waals surface area contributed by atoms with Gasteiger partial charge in [0.05, 0.1) is 11.3 Å². The van der Waals surface area contributed by atoms with Crippen molar-refractivity contribution in [1.29, 1.82) is 0 Å². The van der Waals surface area contributed by atoms with E-state index in [0.29, 0.717) is 24.4 Å². The molecule has 0 amide bonds. The Morgan fingerprint density at radius 2 is 1.56 bits per heavy atom. The van der Waals surface area contributed by atoms with Gasteiger partial charge < -0.3 is 9.80 Å². The zero-order chi connectivity index (χ0) is 17.4. The smallest absolute Gasteiger partial charge is 0.211 e. The number of ketones is 2. The number of rotatable bonds is 2. The maximum atomic E-state index is 12.8. The first-order chi connectivity index (χ1) is 12.1. The summed E-state index contributed by atoms with van der Waals surface area (Å²) in [5.74, 6) is -0.283. The van der Waals surface area contributed by atoms with Gasteiger partial charge in [0.1, 0.15) is 5.69 Å². The zero-order valence-corrected chi connectivity index (χ0v) is 14.1. The van der Waals surface area contributed by atoms with Crippen molar-refractivity contribution in [3.63, 3.8) is 0 Å². The molecule has 1 fully saturated rings. The maximum Gasteiger partial charge on any atom is 0.211 e. The van der Waals surface area contributed by atoms with Crippen LogP contribution < -0.4 is 4.90 Å². The molecule has 2 aromatic rings. The average Bonchev–Trinajstić information content (AvgIpc) is 2.65. The van der Waals surface area contributed by atoms with E-state index >= 15 is 0 Å². The predicted molar refractivity (Wildman–Crippen MR) is 95.9 cm³/mol. The molecule has 1 aromatic heterocycles. The van der Waals surface area contributed by atoms with E-state index < -0.39 is 0 Å². The van der Waals surface area contributed by atoms with E-state index in [-0.39, 0.29) is 17.3 Å². The summed E-state index contributed by atoms with van der Waals surface area (Å²) in [6, 6.07) is 13.7. The van der Waals surface area contributed by atoms with Crippen LogP contribution in [0.15, 0.2) is 54.2 Å². The molecular formula is C20H19N3O2. The van der Waals surface area contributed by atoms with Crippen molar-refractivity contribution in [1.82, 2.24) is 9.88 Å². The van der Waals surface area contributed by atoms with Crippen molar-refractivity contribution < 1.29 is 9.59 Å². The van der Waals surface area contributed by atoms with Crippen molar-refractivity contribution in [3.8, 4) is 0 Å². The number of pyridine rings is 1. The SMILES string of the molecule is Cc1ccc2c(n1)C(=O)C=C(N1CCN(c3ccccc3)CC1)C2=O. The van der Waals surface area contributed by atoms with E-state index in [1.54, 1.807) is 12.1 Å². The highest BCUT2D eigenvalue weighted by Gasteiger charge is 2.31. The van der Waals surface area contributed by atoms with Gasteiger partial charge in [-0.2, -0.15) is 0 Å². The van der Waals surface area contributed by atoms with E-state index in [2.05, 4.69) is 22.0 Å². The van der Waals surface area contributed by atoms with Crippen LogP contribution in [0.1, 0.15) is 26.5 Å². The molecular weight excluding hydrogens is 314 g/mol. The monoisotopic (exact) mass is 333 g/mol. The number of aryl methyl sites for hydroxylation is 1. The van der Waals surface area contributed by atoms with Crippen molar-refractivity contribution in [3.05, 3.63) is 71.2 Å². The summed E-state index contributed by atoms with van der Waals surface area (Å²) in [5, 5.41) is 0. The highest BCUT2D eigenvalue weighted by molar-refractivity contribution is 6.23. The Morgan fingerprint density at radius 3 is 2.28 bits per heavy atom. The van der Waals surface area contributed by atoms with E-state index in [1.165, 1.54) is 11.8 Å². The average molecular weight is 333 g/mol. The summed E-state index contributed by atoms with van der Waals surface area (Å²) in [5.41, 5.74) is 3.12. The minimum absolute atomic E-state index is 0.102. The molecule has 0 bridgehead atoms. The quantitative estimate of drug-likeness (QED) is 0.845. The van der Waals surface area contributed by atoms with Crippen LogP contribution in [0.4, 0.5) is 5.69 Å². The number of anilines is 1. The van der Waals surface area contributed by atoms with Crippen LogP contribution in [0.2, 0.25) is 0 Å². The summed E-state index contributed by atoms with van der Waals surface area (Å²) in [6.45, 7) is 4.90. The van der Waals surface area contributed by atoms with Crippen molar-refractivity contribution in [2.24, 2.45) is 0 Å². The third-order valence-corrected chi connectivity index (χ3v) is 4.75. The molecule has 0 N–H and O–H groups in total. The van der Waals surface area contributed by atoms with Crippen molar-refractivity contribution in [2.45, 2.75) is 6.92 Å². The molecule has 2 heterocycles. The number of nitrogens with zero attached hydrogens (tertiary/aromatic N) is 3. The largest absolute Gasteiger partial charge is 0.368 e. The van der Waals surface area contributed by atoms with Crippen LogP contribution in [-0.2, 0) is 0 Å². The molecule has 0 atom stereocenters. The van der Waals surface area contributed by atoms with Gasteiger partial charge in [-0.15, -0.1) is 0 Å². The number of benzene rings is 1. The molecule has 0 saturated carbocycles. The third-order valence-electron chi connectivity index (χ3n) is 4.75. The lowest BCUT2D eigenvalue weighted by Crippen LogP contribution is -2.47. The Balaban J connectivity index is 1.53. The van der Waals surface area contributed by atoms with Gasteiger partial charge in [0.2, 0.25) is 11.6 Å². The third kappa shape index (κ3) is 2.82. The second-order valence-electron chi connectivity index (χ2n) is 6.38. The number of hydrogen-bond donors (Lipinski definition) is 0. The Hall–Kier alpha value is -2.95. The van der Waals surface area contributed by atoms with Crippen LogP contribution in [-0.4, -0.2) is 47.6 Å². The summed E-state index contributed by atoms with van der Waals surface area (Å²) < 4.78 is 0. The molecule has 126 valence electrons. The van der Waals surface area contributed by atoms with Gasteiger partial charge in [-0.25, -0.2) is 4.98 Å². The number of piperazine rings is 1. The van der Waals surface area contributed by atoms with Crippen LogP contribution in [0.5, 0.6) is 0 Å². The van der Waals surface area contributed by atoms with Crippen LogP contribution in [0.25, 0.3) is 0 Å². The maximum absolute atomic E-state index is 12.8. The number of carbonyl (C=O) groups is 2. The van der Waals surface area contributed by atoms with Crippen LogP contribution >= 0.6 is 0 Å². The zero-order valence-electron chi connectivity index (χ0n) is 14.1. The topological polar surface area (TPSA) is 53.5 Å². The lowest BCUT2D eigenvalue weighted by Gasteiger charge is -2.38. The first kappa shape index (κ1) is 15.6. The number of aromatic nitrogens is 1. The number of Topliss-reactive ketones (excluding diaryl/α,β-unsaturated/α-hetero) is 1. The molecule has 1 aliphatic heterocycles. The fraction of sp³-hybridized carbons (Fsp3) is 0.250. The van der Waals surface area contributed by atoms with Gasteiger partial charge in [0.25, 0.3) is 0 Å². The molecule has 0 spiro atoms. The molecule has 2 aliphatic rings. The number of allylic oxidation sites excluding steroid dienone is 2. The van der Waals surface area contributed by atoms with E-state index in [0.717, 1.165) is 18.8 Å². The molecule has 25 heavy (non-hydrogen) atoms. The van der Waals surface area contributed by atoms with Crippen molar-refractivity contribution >= 4 is 17.3 Å². The van der Waals surface area contributed by atoms with E-state index in [4.69, 9.17) is 0 Å². The highest BCUT2D eigenvalue weighted by Crippen LogP contribution is 2.24. The second-order valence-corrected chi connectivity index (χ2v) is 6.38. The van der Waals surface area contributed by atoms with Gasteiger partial charge in [-0.05, 0) is 31.2 Å². The van der Waals surface area contributed by atoms with Crippen molar-refractivity contribution in [2.75, 3.05) is 31.1 Å². The highest BCUT2D eigenvalue weighted by atomic mass is 16.1. The van der Waals surface area contributed by atoms with Gasteiger partial charge >= 0.3 is 0 Å². The first-order valence-corrected chi connectivity index (χ1v) is 8.47. The van der Waals surface area contributed by atoms with E-state index in [1.807, 2.05) is 30.0 Å². The number of carbonyl (C=O) groups excluding carboxylic acids is 2. The fourth-order valence-electron chi connectivity index (χ4n) is 3.40. The first-order valence-electron chi connectivity index (χ1n) is 8.47. The summed E-state index contributed by atoms with van der Waals surface area (Å²) in [6.07, 6.45) is 1.45. The summed E-state index contributed by atoms with van der Waals surface area (Å²) in [7, 11) is 0. The van der Waals surface area contributed by atoms with Gasteiger partial charge in [-0.1, -0.05) is 18.2 Å². The molecule has 0 unspecified atom stereocenters. The van der Waals surface area contributed by atoms with E-state index in [9.17, 15) is 9.59 Å². The van der Waals surface area contributed by atoms with Gasteiger partial charge in [0.15, 0.2) is 0 Å². The molecule has 1 saturated heterocycles. The predicted octanol–water partition coefficient (Wildman–Crippen LogP) is 2.48. The molecule has 5 heteroatoms. The minimum Gasteiger partial charge on any atom is -0.368 e. The molecule has 5 nitrogen and oxygen atoms in total. The second kappa shape index (κ2) is 6.16. The lowest BCUT2D eigenvalue weighted by molar-refractivity contribution is 0.0945. The minimum atomic E-state index is -0.182. The summed E-state index contributed by atoms with van der Waals surface area (Å²) >= 11 is 0. The molecule has 0 radical (unpaired) electrons. The standard InChI is InChI=1S/C20H19N3O2/c1-14-7-8-16-19(21-14)18(24)13-17(20(16)25)23-11-9-22(10-12-23)15-5-3-2-4-6-15/h2-8,13H,9-12H2,1H3. The molecule has 4 rings (SSSR count). The Bertz CT molecular complexity index is 866. The Morgan fingerprint density at radius 1 is 0.880 bits per heavy atom. The Kier molecular flexibility index (Phi) is 3.84. The Labute approximate surface area is 146 Å². The molecule has 1 aromatic carbocycles. The normalized spacial score (nSPS) is 17.4. The lowest BCUT2D eigenvalue weighted by atomic mass is 9.95. The number of hydrogen-bond acceptors (Lipinski definition) is 5. The van der Waals surface area contributed by atoms with Crippen LogP contribution in [0.3, 0.4) is 0 Å². The van der Waals surface area contributed by atoms with Crippen LogP contribution in [0, 0.1) is 6.92 Å². The van der Waals surface area contributed by atoms with Gasteiger partial charge in [-0.3, -0.25) is 9.59 Å². The summed E-state index contributed by atoms with van der Waals surface area (Å²) in [4.78, 5) is 33.8. The fourth-order valence-corrected chi connectivity index (χ4v) is 3.40. The van der Waals surface area contributed by atoms with Gasteiger partial charge in [0, 0.05) is 43.6 Å². The number of para-hydroxylation sites is 1. The number of fused-ring (bicyclic) bond motifs is 1.